The second-order valence-electron chi connectivity index (χ2n) is 4.41. The third-order valence-corrected chi connectivity index (χ3v) is 2.56. The molecule has 2 aromatic rings. The van der Waals surface area contributed by atoms with Crippen LogP contribution in [0.5, 0.6) is 0 Å². The molecule has 0 radical (unpaired) electrons. The largest absolute Gasteiger partial charge is 0.237 e. The number of rotatable bonds is 4. The van der Waals surface area contributed by atoms with E-state index in [1.54, 1.807) is 10.9 Å². The number of pyridine rings is 1. The van der Waals surface area contributed by atoms with Gasteiger partial charge in [-0.15, -0.1) is 0 Å². The first-order valence-corrected chi connectivity index (χ1v) is 5.70. The molecule has 0 spiro atoms. The van der Waals surface area contributed by atoms with Crippen LogP contribution >= 0.6 is 0 Å². The van der Waals surface area contributed by atoms with E-state index in [9.17, 15) is 0 Å². The van der Waals surface area contributed by atoms with Gasteiger partial charge in [-0.1, -0.05) is 19.9 Å². The number of hydrogen-bond donors (Lipinski definition) is 0. The average molecular weight is 215 g/mol. The van der Waals surface area contributed by atoms with Crippen LogP contribution in [0.2, 0.25) is 0 Å². The van der Waals surface area contributed by atoms with Gasteiger partial charge in [0, 0.05) is 18.6 Å². The fourth-order valence-corrected chi connectivity index (χ4v) is 1.56. The van der Waals surface area contributed by atoms with Gasteiger partial charge >= 0.3 is 0 Å². The van der Waals surface area contributed by atoms with Crippen LogP contribution in [0, 0.1) is 5.92 Å². The van der Waals surface area contributed by atoms with Crippen LogP contribution in [0.1, 0.15) is 25.8 Å². The van der Waals surface area contributed by atoms with Gasteiger partial charge in [-0.05, 0) is 36.5 Å². The van der Waals surface area contributed by atoms with Crippen molar-refractivity contribution >= 4 is 0 Å². The molecule has 0 bridgehead atoms. The normalized spacial score (nSPS) is 10.9. The Labute approximate surface area is 96.1 Å². The van der Waals surface area contributed by atoms with Crippen molar-refractivity contribution in [3.63, 3.8) is 0 Å². The molecule has 3 nitrogen and oxygen atoms in total. The number of nitrogens with zero attached hydrogens (tertiary/aromatic N) is 3. The highest BCUT2D eigenvalue weighted by Gasteiger charge is 2.00. The first-order valence-electron chi connectivity index (χ1n) is 5.70. The van der Waals surface area contributed by atoms with Gasteiger partial charge in [0.25, 0.3) is 0 Å². The quantitative estimate of drug-likeness (QED) is 0.785. The lowest BCUT2D eigenvalue weighted by molar-refractivity contribution is 0.586. The first kappa shape index (κ1) is 10.9. The van der Waals surface area contributed by atoms with Crippen LogP contribution in [0.3, 0.4) is 0 Å². The fourth-order valence-electron chi connectivity index (χ4n) is 1.56. The first-order chi connectivity index (χ1) is 7.75. The summed E-state index contributed by atoms with van der Waals surface area (Å²) < 4.78 is 1.77. The van der Waals surface area contributed by atoms with Gasteiger partial charge in [-0.3, -0.25) is 0 Å². The van der Waals surface area contributed by atoms with Gasteiger partial charge in [0.1, 0.15) is 0 Å². The van der Waals surface area contributed by atoms with E-state index >= 15 is 0 Å². The highest BCUT2D eigenvalue weighted by atomic mass is 15.3. The SMILES string of the molecule is CC(C)CCc1ccc(-n2cccn2)nc1. The summed E-state index contributed by atoms with van der Waals surface area (Å²) in [7, 11) is 0. The minimum absolute atomic E-state index is 0.741. The number of aryl methyl sites for hydroxylation is 1. The zero-order valence-corrected chi connectivity index (χ0v) is 9.80. The van der Waals surface area contributed by atoms with Crippen molar-refractivity contribution in [1.29, 1.82) is 0 Å². The Balaban J connectivity index is 2.05. The minimum Gasteiger partial charge on any atom is -0.237 e. The predicted molar refractivity (Wildman–Crippen MR) is 64.5 cm³/mol. The maximum Gasteiger partial charge on any atom is 0.153 e. The van der Waals surface area contributed by atoms with Crippen LogP contribution in [0.15, 0.2) is 36.8 Å². The Kier molecular flexibility index (Phi) is 3.34. The smallest absolute Gasteiger partial charge is 0.153 e. The summed E-state index contributed by atoms with van der Waals surface area (Å²) in [6.07, 6.45) is 7.91. The lowest BCUT2D eigenvalue weighted by atomic mass is 10.0. The van der Waals surface area contributed by atoms with E-state index in [1.165, 1.54) is 12.0 Å². The van der Waals surface area contributed by atoms with E-state index in [0.717, 1.165) is 18.2 Å². The van der Waals surface area contributed by atoms with Crippen molar-refractivity contribution in [2.75, 3.05) is 0 Å². The summed E-state index contributed by atoms with van der Waals surface area (Å²) in [5.74, 6) is 1.61. The summed E-state index contributed by atoms with van der Waals surface area (Å²) in [5, 5.41) is 4.14. The fraction of sp³-hybridized carbons (Fsp3) is 0.385. The molecule has 2 aromatic heterocycles. The van der Waals surface area contributed by atoms with Crippen LogP contribution in [0.4, 0.5) is 0 Å². The summed E-state index contributed by atoms with van der Waals surface area (Å²) >= 11 is 0. The molecule has 84 valence electrons. The Bertz CT molecular complexity index is 415. The Morgan fingerprint density at radius 1 is 1.31 bits per heavy atom. The predicted octanol–water partition coefficient (Wildman–Crippen LogP) is 2.86. The molecule has 16 heavy (non-hydrogen) atoms. The lowest BCUT2D eigenvalue weighted by Gasteiger charge is -2.05. The molecule has 0 saturated carbocycles. The van der Waals surface area contributed by atoms with Crippen LogP contribution in [-0.4, -0.2) is 14.8 Å². The van der Waals surface area contributed by atoms with Crippen molar-refractivity contribution in [3.8, 4) is 5.82 Å². The molecule has 0 N–H and O–H groups in total. The Morgan fingerprint density at radius 2 is 2.19 bits per heavy atom. The molecule has 3 heteroatoms. The van der Waals surface area contributed by atoms with Crippen molar-refractivity contribution in [2.24, 2.45) is 5.92 Å². The highest BCUT2D eigenvalue weighted by molar-refractivity contribution is 5.24. The van der Waals surface area contributed by atoms with E-state index < -0.39 is 0 Å². The molecular formula is C13H17N3. The molecule has 0 aliphatic rings. The molecular weight excluding hydrogens is 198 g/mol. The van der Waals surface area contributed by atoms with Gasteiger partial charge < -0.3 is 0 Å². The molecule has 0 aliphatic carbocycles. The zero-order valence-electron chi connectivity index (χ0n) is 9.80. The van der Waals surface area contributed by atoms with Gasteiger partial charge in [-0.2, -0.15) is 5.10 Å². The Hall–Kier alpha value is -1.64. The number of aromatic nitrogens is 3. The van der Waals surface area contributed by atoms with Crippen molar-refractivity contribution in [2.45, 2.75) is 26.7 Å². The molecule has 2 heterocycles. The van der Waals surface area contributed by atoms with Gasteiger partial charge in [0.05, 0.1) is 0 Å². The van der Waals surface area contributed by atoms with Crippen LogP contribution in [0.25, 0.3) is 5.82 Å². The van der Waals surface area contributed by atoms with E-state index in [4.69, 9.17) is 0 Å². The van der Waals surface area contributed by atoms with Crippen molar-refractivity contribution in [3.05, 3.63) is 42.4 Å². The Morgan fingerprint density at radius 3 is 2.75 bits per heavy atom. The van der Waals surface area contributed by atoms with Crippen molar-refractivity contribution in [1.82, 2.24) is 14.8 Å². The van der Waals surface area contributed by atoms with Gasteiger partial charge in [0.15, 0.2) is 5.82 Å². The lowest BCUT2D eigenvalue weighted by Crippen LogP contribution is -1.99. The molecule has 0 unspecified atom stereocenters. The standard InChI is InChI=1S/C13H17N3/c1-11(2)4-5-12-6-7-13(14-10-12)16-9-3-8-15-16/h3,6-11H,4-5H2,1-2H3. The molecule has 0 aliphatic heterocycles. The van der Waals surface area contributed by atoms with Crippen molar-refractivity contribution < 1.29 is 0 Å². The average Bonchev–Trinajstić information content (AvgIpc) is 2.80. The topological polar surface area (TPSA) is 30.7 Å². The summed E-state index contributed by atoms with van der Waals surface area (Å²) in [6, 6.07) is 6.05. The van der Waals surface area contributed by atoms with E-state index in [0.29, 0.717) is 0 Å². The number of hydrogen-bond acceptors (Lipinski definition) is 2. The zero-order chi connectivity index (χ0) is 11.4. The van der Waals surface area contributed by atoms with Gasteiger partial charge in [0.2, 0.25) is 0 Å². The molecule has 0 fully saturated rings. The molecule has 0 atom stereocenters. The molecule has 0 aromatic carbocycles. The van der Waals surface area contributed by atoms with Gasteiger partial charge in [-0.25, -0.2) is 9.67 Å². The van der Waals surface area contributed by atoms with E-state index in [2.05, 4.69) is 30.0 Å². The molecule has 0 saturated heterocycles. The van der Waals surface area contributed by atoms with Crippen LogP contribution in [-0.2, 0) is 6.42 Å². The maximum absolute atomic E-state index is 4.40. The van der Waals surface area contributed by atoms with E-state index in [1.807, 2.05) is 24.5 Å². The van der Waals surface area contributed by atoms with E-state index in [-0.39, 0.29) is 0 Å². The minimum atomic E-state index is 0.741. The molecule has 0 amide bonds. The summed E-state index contributed by atoms with van der Waals surface area (Å²) in [5.41, 5.74) is 1.30. The highest BCUT2D eigenvalue weighted by Crippen LogP contribution is 2.10. The monoisotopic (exact) mass is 215 g/mol. The molecule has 2 rings (SSSR count). The third-order valence-electron chi connectivity index (χ3n) is 2.56. The van der Waals surface area contributed by atoms with Crippen LogP contribution < -0.4 is 0 Å². The summed E-state index contributed by atoms with van der Waals surface area (Å²) in [6.45, 7) is 4.48. The summed E-state index contributed by atoms with van der Waals surface area (Å²) in [4.78, 5) is 4.40. The second kappa shape index (κ2) is 4.92. The maximum atomic E-state index is 4.40. The second-order valence-corrected chi connectivity index (χ2v) is 4.41. The third kappa shape index (κ3) is 2.69.